The molecular formula is C15H21FN2O. The van der Waals surface area contributed by atoms with E-state index in [9.17, 15) is 9.18 Å². The van der Waals surface area contributed by atoms with Gasteiger partial charge < -0.3 is 5.32 Å². The highest BCUT2D eigenvalue weighted by Crippen LogP contribution is 2.27. The Kier molecular flexibility index (Phi) is 5.31. The van der Waals surface area contributed by atoms with Crippen LogP contribution in [0.15, 0.2) is 18.3 Å². The first kappa shape index (κ1) is 14.0. The monoisotopic (exact) mass is 264 g/mol. The molecular weight excluding hydrogens is 243 g/mol. The molecule has 0 spiro atoms. The number of carbonyl (C=O) groups is 1. The van der Waals surface area contributed by atoms with Gasteiger partial charge in [-0.3, -0.25) is 9.78 Å². The van der Waals surface area contributed by atoms with E-state index in [2.05, 4.69) is 10.3 Å². The molecule has 104 valence electrons. The van der Waals surface area contributed by atoms with Gasteiger partial charge in [0.1, 0.15) is 5.82 Å². The number of hydrogen-bond donors (Lipinski definition) is 1. The highest BCUT2D eigenvalue weighted by molar-refractivity contribution is 5.75. The zero-order chi connectivity index (χ0) is 13.5. The predicted octanol–water partition coefficient (Wildman–Crippen LogP) is 3.20. The quantitative estimate of drug-likeness (QED) is 0.887. The van der Waals surface area contributed by atoms with E-state index >= 15 is 0 Å². The maximum absolute atomic E-state index is 13.3. The highest BCUT2D eigenvalue weighted by Gasteiger charge is 2.14. The van der Waals surface area contributed by atoms with Crippen LogP contribution in [0.1, 0.15) is 50.6 Å². The number of pyridine rings is 1. The summed E-state index contributed by atoms with van der Waals surface area (Å²) in [4.78, 5) is 15.6. The fourth-order valence-corrected chi connectivity index (χ4v) is 2.63. The lowest BCUT2D eigenvalue weighted by Crippen LogP contribution is -2.24. The van der Waals surface area contributed by atoms with Gasteiger partial charge in [-0.15, -0.1) is 0 Å². The first-order valence-corrected chi connectivity index (χ1v) is 7.12. The van der Waals surface area contributed by atoms with Crippen LogP contribution in [-0.2, 0) is 11.3 Å². The Labute approximate surface area is 113 Å². The molecule has 1 saturated carbocycles. The minimum atomic E-state index is -0.366. The van der Waals surface area contributed by atoms with Crippen molar-refractivity contribution >= 4 is 5.91 Å². The maximum Gasteiger partial charge on any atom is 0.220 e. The summed E-state index contributed by atoms with van der Waals surface area (Å²) in [5, 5.41) is 2.74. The topological polar surface area (TPSA) is 42.0 Å². The molecule has 1 fully saturated rings. The number of rotatable bonds is 5. The van der Waals surface area contributed by atoms with Crippen molar-refractivity contribution in [2.75, 3.05) is 0 Å². The van der Waals surface area contributed by atoms with Crippen LogP contribution in [0.3, 0.4) is 0 Å². The van der Waals surface area contributed by atoms with Gasteiger partial charge in [-0.1, -0.05) is 32.1 Å². The summed E-state index contributed by atoms with van der Waals surface area (Å²) >= 11 is 0. The molecule has 1 aliphatic carbocycles. The van der Waals surface area contributed by atoms with E-state index in [1.807, 2.05) is 0 Å². The van der Waals surface area contributed by atoms with Crippen molar-refractivity contribution in [2.24, 2.45) is 5.92 Å². The van der Waals surface area contributed by atoms with E-state index in [0.717, 1.165) is 6.42 Å². The number of nitrogens with zero attached hydrogens (tertiary/aromatic N) is 1. The molecule has 1 aliphatic rings. The smallest absolute Gasteiger partial charge is 0.220 e. The third-order valence-electron chi connectivity index (χ3n) is 3.79. The average molecular weight is 264 g/mol. The number of carbonyl (C=O) groups excluding carboxylic acids is 1. The van der Waals surface area contributed by atoms with Crippen LogP contribution in [0.4, 0.5) is 4.39 Å². The lowest BCUT2D eigenvalue weighted by Gasteiger charge is -2.20. The van der Waals surface area contributed by atoms with Crippen LogP contribution in [-0.4, -0.2) is 10.9 Å². The molecule has 0 atom stereocenters. The lowest BCUT2D eigenvalue weighted by atomic mass is 9.86. The minimum absolute atomic E-state index is 0.00405. The number of aromatic nitrogens is 1. The molecule has 1 aromatic heterocycles. The van der Waals surface area contributed by atoms with Crippen LogP contribution < -0.4 is 5.32 Å². The van der Waals surface area contributed by atoms with Gasteiger partial charge in [0.15, 0.2) is 0 Å². The fourth-order valence-electron chi connectivity index (χ4n) is 2.63. The van der Waals surface area contributed by atoms with Crippen LogP contribution in [0, 0.1) is 11.7 Å². The van der Waals surface area contributed by atoms with Crippen molar-refractivity contribution in [3.63, 3.8) is 0 Å². The first-order valence-electron chi connectivity index (χ1n) is 7.12. The van der Waals surface area contributed by atoms with Crippen molar-refractivity contribution in [1.82, 2.24) is 10.3 Å². The molecule has 1 N–H and O–H groups in total. The van der Waals surface area contributed by atoms with Crippen molar-refractivity contribution in [2.45, 2.75) is 51.5 Å². The lowest BCUT2D eigenvalue weighted by molar-refractivity contribution is -0.121. The van der Waals surface area contributed by atoms with E-state index in [1.165, 1.54) is 44.4 Å². The molecule has 0 aliphatic heterocycles. The van der Waals surface area contributed by atoms with Gasteiger partial charge in [0.2, 0.25) is 5.91 Å². The number of halogens is 1. The molecule has 0 radical (unpaired) electrons. The normalized spacial score (nSPS) is 16.3. The fraction of sp³-hybridized carbons (Fsp3) is 0.600. The van der Waals surface area contributed by atoms with Crippen molar-refractivity contribution in [3.05, 3.63) is 29.8 Å². The Morgan fingerprint density at radius 3 is 2.89 bits per heavy atom. The van der Waals surface area contributed by atoms with Gasteiger partial charge in [-0.25, -0.2) is 4.39 Å². The van der Waals surface area contributed by atoms with Gasteiger partial charge >= 0.3 is 0 Å². The van der Waals surface area contributed by atoms with Crippen LogP contribution >= 0.6 is 0 Å². The Bertz CT molecular complexity index is 416. The molecule has 1 aromatic rings. The summed E-state index contributed by atoms with van der Waals surface area (Å²) in [5.74, 6) is 0.330. The standard InChI is InChI=1S/C15H21FN2O/c16-13-7-4-10-17-14(13)11-18-15(19)9-8-12-5-2-1-3-6-12/h4,7,10,12H,1-3,5-6,8-9,11H2,(H,18,19). The number of nitrogens with one attached hydrogen (secondary N) is 1. The Hall–Kier alpha value is -1.45. The summed E-state index contributed by atoms with van der Waals surface area (Å²) in [6.07, 6.45) is 9.46. The summed E-state index contributed by atoms with van der Waals surface area (Å²) < 4.78 is 13.3. The summed E-state index contributed by atoms with van der Waals surface area (Å²) in [5.41, 5.74) is 0.300. The summed E-state index contributed by atoms with van der Waals surface area (Å²) in [7, 11) is 0. The van der Waals surface area contributed by atoms with E-state index in [1.54, 1.807) is 6.07 Å². The van der Waals surface area contributed by atoms with E-state index in [0.29, 0.717) is 18.0 Å². The minimum Gasteiger partial charge on any atom is -0.350 e. The maximum atomic E-state index is 13.3. The average Bonchev–Trinajstić information content (AvgIpc) is 2.45. The molecule has 2 rings (SSSR count). The molecule has 0 unspecified atom stereocenters. The Balaban J connectivity index is 1.68. The van der Waals surface area contributed by atoms with Crippen molar-refractivity contribution in [3.8, 4) is 0 Å². The van der Waals surface area contributed by atoms with Crippen LogP contribution in [0.5, 0.6) is 0 Å². The molecule has 4 heteroatoms. The third-order valence-corrected chi connectivity index (χ3v) is 3.79. The van der Waals surface area contributed by atoms with Crippen molar-refractivity contribution < 1.29 is 9.18 Å². The summed E-state index contributed by atoms with van der Waals surface area (Å²) in [6.45, 7) is 0.177. The molecule has 3 nitrogen and oxygen atoms in total. The molecule has 1 heterocycles. The van der Waals surface area contributed by atoms with Gasteiger partial charge in [0.05, 0.1) is 12.2 Å². The number of hydrogen-bond acceptors (Lipinski definition) is 2. The Morgan fingerprint density at radius 1 is 1.37 bits per heavy atom. The molecule has 0 aromatic carbocycles. The SMILES string of the molecule is O=C(CCC1CCCCC1)NCc1ncccc1F. The van der Waals surface area contributed by atoms with E-state index in [4.69, 9.17) is 0 Å². The van der Waals surface area contributed by atoms with E-state index in [-0.39, 0.29) is 18.3 Å². The molecule has 0 saturated heterocycles. The molecule has 19 heavy (non-hydrogen) atoms. The highest BCUT2D eigenvalue weighted by atomic mass is 19.1. The second-order valence-electron chi connectivity index (χ2n) is 5.25. The van der Waals surface area contributed by atoms with Crippen LogP contribution in [0.25, 0.3) is 0 Å². The second-order valence-corrected chi connectivity index (χ2v) is 5.25. The van der Waals surface area contributed by atoms with Crippen molar-refractivity contribution in [1.29, 1.82) is 0 Å². The third kappa shape index (κ3) is 4.62. The zero-order valence-electron chi connectivity index (χ0n) is 11.2. The predicted molar refractivity (Wildman–Crippen MR) is 71.9 cm³/mol. The first-order chi connectivity index (χ1) is 9.25. The molecule has 1 amide bonds. The van der Waals surface area contributed by atoms with Gasteiger partial charge in [0, 0.05) is 12.6 Å². The zero-order valence-corrected chi connectivity index (χ0v) is 11.2. The van der Waals surface area contributed by atoms with Crippen LogP contribution in [0.2, 0.25) is 0 Å². The summed E-state index contributed by atoms with van der Waals surface area (Å²) in [6, 6.07) is 2.90. The molecule has 0 bridgehead atoms. The largest absolute Gasteiger partial charge is 0.350 e. The van der Waals surface area contributed by atoms with Gasteiger partial charge in [-0.05, 0) is 24.5 Å². The van der Waals surface area contributed by atoms with Gasteiger partial charge in [-0.2, -0.15) is 0 Å². The second kappa shape index (κ2) is 7.22. The van der Waals surface area contributed by atoms with Gasteiger partial charge in [0.25, 0.3) is 0 Å². The number of amides is 1. The Morgan fingerprint density at radius 2 is 2.16 bits per heavy atom. The van der Waals surface area contributed by atoms with E-state index < -0.39 is 0 Å².